The molecule has 1 aliphatic heterocycles. The summed E-state index contributed by atoms with van der Waals surface area (Å²) in [6.45, 7) is -0.498. The molecule has 2 heterocycles. The van der Waals surface area contributed by atoms with Gasteiger partial charge in [-0.3, -0.25) is 14.4 Å². The van der Waals surface area contributed by atoms with Crippen LogP contribution in [0.3, 0.4) is 0 Å². The van der Waals surface area contributed by atoms with E-state index >= 15 is 0 Å². The fraction of sp³-hybridized carbons (Fsp3) is 0.0811. The lowest BCUT2D eigenvalue weighted by Crippen LogP contribution is -2.31. The smallest absolute Gasteiger partial charge is 0.338 e. The number of thioether (sulfide) groups is 1. The van der Waals surface area contributed by atoms with Crippen LogP contribution in [0, 0.1) is 11.3 Å². The van der Waals surface area contributed by atoms with E-state index < -0.39 is 35.4 Å². The van der Waals surface area contributed by atoms with E-state index in [2.05, 4.69) is 6.07 Å². The lowest BCUT2D eigenvalue weighted by atomic mass is 9.99. The van der Waals surface area contributed by atoms with Gasteiger partial charge in [0.25, 0.3) is 0 Å². The maximum atomic E-state index is 13.6. The van der Waals surface area contributed by atoms with E-state index in [9.17, 15) is 24.4 Å². The number of Topliss-reactive ketones (excluding diaryl/α,β-unsaturated/α-hetero) is 1. The Balaban J connectivity index is 1.21. The zero-order valence-corrected chi connectivity index (χ0v) is 26.2. The van der Waals surface area contributed by atoms with E-state index in [-0.39, 0.29) is 28.3 Å². The number of carbonyl (C=O) groups excluding carboxylic acids is 4. The molecule has 0 bridgehead atoms. The summed E-state index contributed by atoms with van der Waals surface area (Å²) in [4.78, 5) is 57.6. The molecule has 0 radical (unpaired) electrons. The van der Waals surface area contributed by atoms with E-state index in [1.54, 1.807) is 24.3 Å². The second-order valence-electron chi connectivity index (χ2n) is 10.5. The van der Waals surface area contributed by atoms with Crippen LogP contribution in [0.15, 0.2) is 120 Å². The summed E-state index contributed by atoms with van der Waals surface area (Å²) in [5.74, 6) is -2.07. The molecule has 1 atom stereocenters. The SMILES string of the molecule is N#Cc1c(-c2ccccc2)cc(-c2ccccc2)nc1SC1CC(=O)N(c2ccc(C(=O)OCC(=O)c3ccccc3Cl)cc2)C1=O. The molecule has 230 valence electrons. The number of ether oxygens (including phenoxy) is 1. The number of aromatic nitrogens is 1. The van der Waals surface area contributed by atoms with Crippen molar-refractivity contribution in [3.05, 3.63) is 137 Å². The van der Waals surface area contributed by atoms with Gasteiger partial charge in [0.1, 0.15) is 11.1 Å². The highest BCUT2D eigenvalue weighted by Gasteiger charge is 2.41. The number of nitrogens with zero attached hydrogens (tertiary/aromatic N) is 3. The summed E-state index contributed by atoms with van der Waals surface area (Å²) in [6, 6.07) is 35.4. The zero-order chi connectivity index (χ0) is 32.9. The first-order valence-electron chi connectivity index (χ1n) is 14.5. The van der Waals surface area contributed by atoms with Gasteiger partial charge >= 0.3 is 5.97 Å². The average Bonchev–Trinajstić information content (AvgIpc) is 3.39. The van der Waals surface area contributed by atoms with Gasteiger partial charge in [-0.1, -0.05) is 96.2 Å². The highest BCUT2D eigenvalue weighted by atomic mass is 35.5. The molecule has 1 aromatic heterocycles. The fourth-order valence-electron chi connectivity index (χ4n) is 5.15. The Morgan fingerprint density at radius 3 is 2.19 bits per heavy atom. The standard InChI is InChI=1S/C37H24ClN3O5S/c38-30-14-8-7-13-27(30)32(42)22-46-37(45)25-15-17-26(18-16-25)41-34(43)20-33(36(41)44)47-35-29(21-39)28(23-9-3-1-4-10-23)19-31(40-35)24-11-5-2-6-12-24/h1-19,33H,20,22H2. The van der Waals surface area contributed by atoms with Crippen LogP contribution in [0.5, 0.6) is 0 Å². The van der Waals surface area contributed by atoms with Crippen LogP contribution in [0.2, 0.25) is 5.02 Å². The number of pyridine rings is 1. The number of anilines is 1. The van der Waals surface area contributed by atoms with Crippen molar-refractivity contribution >= 4 is 52.6 Å². The lowest BCUT2D eigenvalue weighted by Gasteiger charge is -2.16. The van der Waals surface area contributed by atoms with Crippen LogP contribution in [-0.2, 0) is 14.3 Å². The van der Waals surface area contributed by atoms with E-state index in [1.807, 2.05) is 66.7 Å². The van der Waals surface area contributed by atoms with Gasteiger partial charge in [0.05, 0.1) is 32.8 Å². The maximum absolute atomic E-state index is 13.6. The van der Waals surface area contributed by atoms with E-state index in [1.165, 1.54) is 24.3 Å². The van der Waals surface area contributed by atoms with Crippen LogP contribution in [0.1, 0.15) is 32.7 Å². The molecule has 0 N–H and O–H groups in total. The van der Waals surface area contributed by atoms with Gasteiger partial charge in [-0.25, -0.2) is 14.7 Å². The van der Waals surface area contributed by atoms with Gasteiger partial charge in [-0.15, -0.1) is 0 Å². The number of hydrogen-bond donors (Lipinski definition) is 0. The molecule has 5 aromatic rings. The minimum atomic E-state index is -0.822. The Hall–Kier alpha value is -5.56. The van der Waals surface area contributed by atoms with Gasteiger partial charge in [0.15, 0.2) is 6.61 Å². The first-order valence-corrected chi connectivity index (χ1v) is 15.7. The van der Waals surface area contributed by atoms with Gasteiger partial charge in [0.2, 0.25) is 17.6 Å². The van der Waals surface area contributed by atoms with Crippen molar-refractivity contribution in [3.8, 4) is 28.5 Å². The molecular formula is C37H24ClN3O5S. The predicted octanol–water partition coefficient (Wildman–Crippen LogP) is 7.40. The second-order valence-corrected chi connectivity index (χ2v) is 12.1. The Morgan fingerprint density at radius 2 is 1.53 bits per heavy atom. The normalized spacial score (nSPS) is 14.1. The topological polar surface area (TPSA) is 117 Å². The number of esters is 1. The van der Waals surface area contributed by atoms with Crippen LogP contribution >= 0.6 is 23.4 Å². The zero-order valence-electron chi connectivity index (χ0n) is 24.6. The van der Waals surface area contributed by atoms with Crippen molar-refractivity contribution in [1.29, 1.82) is 5.26 Å². The van der Waals surface area contributed by atoms with Crippen LogP contribution < -0.4 is 4.90 Å². The molecular weight excluding hydrogens is 634 g/mol. The van der Waals surface area contributed by atoms with Crippen LogP contribution in [-0.4, -0.2) is 40.4 Å². The fourth-order valence-corrected chi connectivity index (χ4v) is 6.51. The highest BCUT2D eigenvalue weighted by molar-refractivity contribution is 8.00. The number of rotatable bonds is 9. The first kappa shape index (κ1) is 31.4. The number of nitriles is 1. The molecule has 47 heavy (non-hydrogen) atoms. The number of amides is 2. The van der Waals surface area contributed by atoms with Crippen molar-refractivity contribution in [2.45, 2.75) is 16.7 Å². The third-order valence-electron chi connectivity index (χ3n) is 7.48. The van der Waals surface area contributed by atoms with E-state index in [4.69, 9.17) is 21.3 Å². The quantitative estimate of drug-likeness (QED) is 0.0914. The molecule has 1 fully saturated rings. The number of hydrogen-bond acceptors (Lipinski definition) is 8. The number of imide groups is 1. The summed E-state index contributed by atoms with van der Waals surface area (Å²) < 4.78 is 5.16. The first-order chi connectivity index (χ1) is 22.8. The Labute approximate surface area is 279 Å². The Bertz CT molecular complexity index is 2050. The monoisotopic (exact) mass is 657 g/mol. The summed E-state index contributed by atoms with van der Waals surface area (Å²) >= 11 is 7.14. The average molecular weight is 658 g/mol. The summed E-state index contributed by atoms with van der Waals surface area (Å²) in [6.07, 6.45) is -0.0970. The van der Waals surface area contributed by atoms with Crippen molar-refractivity contribution in [3.63, 3.8) is 0 Å². The molecule has 0 spiro atoms. The van der Waals surface area contributed by atoms with Crippen molar-refractivity contribution in [1.82, 2.24) is 4.98 Å². The van der Waals surface area contributed by atoms with Gasteiger partial charge in [-0.05, 0) is 48.0 Å². The molecule has 1 saturated heterocycles. The van der Waals surface area contributed by atoms with E-state index in [0.717, 1.165) is 27.8 Å². The molecule has 8 nitrogen and oxygen atoms in total. The molecule has 1 unspecified atom stereocenters. The number of carbonyl (C=O) groups is 4. The van der Waals surface area contributed by atoms with Gasteiger partial charge < -0.3 is 4.74 Å². The molecule has 10 heteroatoms. The molecule has 6 rings (SSSR count). The highest BCUT2D eigenvalue weighted by Crippen LogP contribution is 2.39. The summed E-state index contributed by atoms with van der Waals surface area (Å²) in [5, 5.41) is 10.0. The van der Waals surface area contributed by atoms with Crippen LogP contribution in [0.4, 0.5) is 5.69 Å². The van der Waals surface area contributed by atoms with Crippen molar-refractivity contribution < 1.29 is 23.9 Å². The Kier molecular flexibility index (Phi) is 9.25. The Morgan fingerprint density at radius 1 is 0.894 bits per heavy atom. The maximum Gasteiger partial charge on any atom is 0.338 e. The van der Waals surface area contributed by atoms with Crippen LogP contribution in [0.25, 0.3) is 22.4 Å². The number of halogens is 1. The third kappa shape index (κ3) is 6.70. The van der Waals surface area contributed by atoms with E-state index in [0.29, 0.717) is 21.8 Å². The largest absolute Gasteiger partial charge is 0.454 e. The van der Waals surface area contributed by atoms with Crippen molar-refractivity contribution in [2.24, 2.45) is 0 Å². The molecule has 4 aromatic carbocycles. The second kappa shape index (κ2) is 13.8. The minimum Gasteiger partial charge on any atom is -0.454 e. The minimum absolute atomic E-state index is 0.0970. The number of ketones is 1. The van der Waals surface area contributed by atoms with Gasteiger partial charge in [-0.2, -0.15) is 5.26 Å². The molecule has 1 aliphatic rings. The molecule has 0 saturated carbocycles. The molecule has 2 amide bonds. The number of benzene rings is 4. The summed E-state index contributed by atoms with van der Waals surface area (Å²) in [5.41, 5.74) is 3.96. The third-order valence-corrected chi connectivity index (χ3v) is 8.98. The summed E-state index contributed by atoms with van der Waals surface area (Å²) in [7, 11) is 0. The van der Waals surface area contributed by atoms with Crippen molar-refractivity contribution in [2.75, 3.05) is 11.5 Å². The predicted molar refractivity (Wildman–Crippen MR) is 179 cm³/mol. The lowest BCUT2D eigenvalue weighted by molar-refractivity contribution is -0.121. The molecule has 0 aliphatic carbocycles. The van der Waals surface area contributed by atoms with Gasteiger partial charge in [0, 0.05) is 23.1 Å².